The van der Waals surface area contributed by atoms with Crippen molar-refractivity contribution in [3.8, 4) is 11.5 Å². The molecule has 0 bridgehead atoms. The Balaban J connectivity index is 2.19. The maximum Gasteiger partial charge on any atom is 0.254 e. The maximum atomic E-state index is 12.6. The van der Waals surface area contributed by atoms with Crippen LogP contribution in [-0.4, -0.2) is 62.0 Å². The van der Waals surface area contributed by atoms with Crippen LogP contribution in [0.4, 0.5) is 0 Å². The maximum absolute atomic E-state index is 12.6. The number of morpholine rings is 1. The van der Waals surface area contributed by atoms with Gasteiger partial charge in [0.1, 0.15) is 0 Å². The molecule has 6 heteroatoms. The number of hydrogen-bond donors (Lipinski definition) is 1. The molecule has 2 unspecified atom stereocenters. The number of rotatable bonds is 4. The number of aliphatic hydroxyl groups excluding tert-OH is 1. The van der Waals surface area contributed by atoms with Gasteiger partial charge in [0, 0.05) is 18.7 Å². The highest BCUT2D eigenvalue weighted by atomic mass is 16.5. The fourth-order valence-electron chi connectivity index (χ4n) is 2.46. The van der Waals surface area contributed by atoms with E-state index < -0.39 is 0 Å². The van der Waals surface area contributed by atoms with Gasteiger partial charge in [-0.1, -0.05) is 0 Å². The van der Waals surface area contributed by atoms with Gasteiger partial charge >= 0.3 is 0 Å². The van der Waals surface area contributed by atoms with Crippen molar-refractivity contribution in [1.82, 2.24) is 4.90 Å². The van der Waals surface area contributed by atoms with Crippen molar-refractivity contribution >= 4 is 5.91 Å². The number of benzene rings is 1. The summed E-state index contributed by atoms with van der Waals surface area (Å²) >= 11 is 0. The third-order valence-electron chi connectivity index (χ3n) is 3.45. The van der Waals surface area contributed by atoms with E-state index in [-0.39, 0.29) is 24.7 Å². The zero-order chi connectivity index (χ0) is 15.4. The van der Waals surface area contributed by atoms with E-state index in [0.717, 1.165) is 0 Å². The Morgan fingerprint density at radius 2 is 2.05 bits per heavy atom. The van der Waals surface area contributed by atoms with Gasteiger partial charge in [0.25, 0.3) is 5.91 Å². The molecule has 1 saturated heterocycles. The van der Waals surface area contributed by atoms with Gasteiger partial charge in [-0.05, 0) is 25.1 Å². The molecular formula is C15H21NO5. The summed E-state index contributed by atoms with van der Waals surface area (Å²) in [6.07, 6.45) is -0.433. The van der Waals surface area contributed by atoms with E-state index in [1.165, 1.54) is 7.11 Å². The molecule has 1 N–H and O–H groups in total. The molecule has 1 aliphatic heterocycles. The summed E-state index contributed by atoms with van der Waals surface area (Å²) in [5.74, 6) is 0.991. The van der Waals surface area contributed by atoms with Crippen LogP contribution in [0.5, 0.6) is 11.5 Å². The van der Waals surface area contributed by atoms with Gasteiger partial charge in [-0.3, -0.25) is 4.79 Å². The second-order valence-electron chi connectivity index (χ2n) is 5.03. The number of aliphatic hydroxyl groups is 1. The first-order chi connectivity index (χ1) is 10.1. The van der Waals surface area contributed by atoms with Crippen molar-refractivity contribution in [1.29, 1.82) is 0 Å². The Hall–Kier alpha value is -1.79. The number of ether oxygens (including phenoxy) is 3. The summed E-state index contributed by atoms with van der Waals surface area (Å²) in [6.45, 7) is 2.68. The lowest BCUT2D eigenvalue weighted by Crippen LogP contribution is -2.50. The highest BCUT2D eigenvalue weighted by Crippen LogP contribution is 2.28. The van der Waals surface area contributed by atoms with Crippen LogP contribution in [0, 0.1) is 0 Å². The molecule has 2 atom stereocenters. The summed E-state index contributed by atoms with van der Waals surface area (Å²) in [6, 6.07) is 5.08. The van der Waals surface area contributed by atoms with Crippen LogP contribution in [0.1, 0.15) is 17.3 Å². The Morgan fingerprint density at radius 3 is 2.67 bits per heavy atom. The molecule has 1 fully saturated rings. The topological polar surface area (TPSA) is 68.2 Å². The molecule has 1 aliphatic rings. The second-order valence-corrected chi connectivity index (χ2v) is 5.03. The predicted molar refractivity (Wildman–Crippen MR) is 76.9 cm³/mol. The molecule has 1 aromatic rings. The molecule has 0 aliphatic carbocycles. The molecule has 0 saturated carbocycles. The molecule has 0 radical (unpaired) electrons. The minimum Gasteiger partial charge on any atom is -0.493 e. The van der Waals surface area contributed by atoms with Gasteiger partial charge < -0.3 is 24.2 Å². The molecule has 21 heavy (non-hydrogen) atoms. The molecule has 2 rings (SSSR count). The first-order valence-corrected chi connectivity index (χ1v) is 6.86. The van der Waals surface area contributed by atoms with Crippen LogP contribution in [-0.2, 0) is 4.74 Å². The van der Waals surface area contributed by atoms with Crippen molar-refractivity contribution in [2.24, 2.45) is 0 Å². The summed E-state index contributed by atoms with van der Waals surface area (Å²) in [5.41, 5.74) is 0.526. The molecule has 1 amide bonds. The minimum absolute atomic E-state index is 0.0972. The van der Waals surface area contributed by atoms with Crippen LogP contribution < -0.4 is 9.47 Å². The van der Waals surface area contributed by atoms with Crippen LogP contribution in [0.2, 0.25) is 0 Å². The number of carbonyl (C=O) groups is 1. The average molecular weight is 295 g/mol. The fourth-order valence-corrected chi connectivity index (χ4v) is 2.46. The molecule has 116 valence electrons. The number of hydrogen-bond acceptors (Lipinski definition) is 5. The van der Waals surface area contributed by atoms with E-state index in [2.05, 4.69) is 0 Å². The lowest BCUT2D eigenvalue weighted by Gasteiger charge is -2.36. The molecule has 6 nitrogen and oxygen atoms in total. The Kier molecular flexibility index (Phi) is 5.03. The van der Waals surface area contributed by atoms with Gasteiger partial charge in [0.2, 0.25) is 0 Å². The Labute approximate surface area is 124 Å². The normalized spacial score (nSPS) is 22.0. The monoisotopic (exact) mass is 295 g/mol. The number of methoxy groups -OCH3 is 2. The van der Waals surface area contributed by atoms with Crippen molar-refractivity contribution in [3.05, 3.63) is 23.8 Å². The van der Waals surface area contributed by atoms with Gasteiger partial charge in [-0.15, -0.1) is 0 Å². The van der Waals surface area contributed by atoms with E-state index in [0.29, 0.717) is 30.2 Å². The molecule has 1 aromatic carbocycles. The summed E-state index contributed by atoms with van der Waals surface area (Å²) in [5, 5.41) is 9.23. The number of nitrogens with zero attached hydrogens (tertiary/aromatic N) is 1. The highest BCUT2D eigenvalue weighted by molar-refractivity contribution is 5.95. The highest BCUT2D eigenvalue weighted by Gasteiger charge is 2.28. The zero-order valence-electron chi connectivity index (χ0n) is 12.5. The third-order valence-corrected chi connectivity index (χ3v) is 3.45. The lowest BCUT2D eigenvalue weighted by atomic mass is 10.1. The smallest absolute Gasteiger partial charge is 0.254 e. The van der Waals surface area contributed by atoms with E-state index in [9.17, 15) is 9.90 Å². The molecular weight excluding hydrogens is 274 g/mol. The number of amides is 1. The summed E-state index contributed by atoms with van der Waals surface area (Å²) in [7, 11) is 3.08. The zero-order valence-corrected chi connectivity index (χ0v) is 12.5. The first-order valence-electron chi connectivity index (χ1n) is 6.86. The van der Waals surface area contributed by atoms with Crippen molar-refractivity contribution in [2.45, 2.75) is 19.1 Å². The van der Waals surface area contributed by atoms with E-state index >= 15 is 0 Å². The van der Waals surface area contributed by atoms with Gasteiger partial charge in [0.05, 0.1) is 33.0 Å². The minimum atomic E-state index is -0.335. The quantitative estimate of drug-likeness (QED) is 0.895. The second kappa shape index (κ2) is 6.78. The summed E-state index contributed by atoms with van der Waals surface area (Å²) in [4.78, 5) is 14.3. The number of carbonyl (C=O) groups excluding carboxylic acids is 1. The SMILES string of the molecule is COc1ccc(C(=O)N2CC(C)OC(CO)C2)cc1OC. The van der Waals surface area contributed by atoms with Gasteiger partial charge in [-0.2, -0.15) is 0 Å². The largest absolute Gasteiger partial charge is 0.493 e. The Morgan fingerprint density at radius 1 is 1.33 bits per heavy atom. The first kappa shape index (κ1) is 15.6. The molecule has 0 aromatic heterocycles. The molecule has 1 heterocycles. The summed E-state index contributed by atoms with van der Waals surface area (Å²) < 4.78 is 15.9. The molecule has 0 spiro atoms. The fraction of sp³-hybridized carbons (Fsp3) is 0.533. The predicted octanol–water partition coefficient (Wildman–Crippen LogP) is 0.926. The van der Waals surface area contributed by atoms with E-state index in [1.807, 2.05) is 6.92 Å². The van der Waals surface area contributed by atoms with Crippen LogP contribution in [0.25, 0.3) is 0 Å². The standard InChI is InChI=1S/C15H21NO5/c1-10-7-16(8-12(9-17)21-10)15(18)11-4-5-13(19-2)14(6-11)20-3/h4-6,10,12,17H,7-9H2,1-3H3. The van der Waals surface area contributed by atoms with E-state index in [4.69, 9.17) is 14.2 Å². The van der Waals surface area contributed by atoms with Crippen molar-refractivity contribution in [2.75, 3.05) is 33.9 Å². The average Bonchev–Trinajstić information content (AvgIpc) is 2.52. The van der Waals surface area contributed by atoms with Crippen LogP contribution >= 0.6 is 0 Å². The van der Waals surface area contributed by atoms with Crippen molar-refractivity contribution < 1.29 is 24.1 Å². The third kappa shape index (κ3) is 3.46. The van der Waals surface area contributed by atoms with Crippen LogP contribution in [0.3, 0.4) is 0 Å². The van der Waals surface area contributed by atoms with Crippen LogP contribution in [0.15, 0.2) is 18.2 Å². The van der Waals surface area contributed by atoms with Crippen molar-refractivity contribution in [3.63, 3.8) is 0 Å². The Bertz CT molecular complexity index is 505. The van der Waals surface area contributed by atoms with Gasteiger partial charge in [-0.25, -0.2) is 0 Å². The van der Waals surface area contributed by atoms with E-state index in [1.54, 1.807) is 30.2 Å². The lowest BCUT2D eigenvalue weighted by molar-refractivity contribution is -0.0858. The van der Waals surface area contributed by atoms with Gasteiger partial charge in [0.15, 0.2) is 11.5 Å².